The molecule has 3 N–H and O–H groups in total. The van der Waals surface area contributed by atoms with E-state index >= 15 is 0 Å². The summed E-state index contributed by atoms with van der Waals surface area (Å²) in [6.07, 6.45) is -4.89. The number of hydrogen-bond acceptors (Lipinski definition) is 7. The molecular weight excluding hydrogens is 521 g/mol. The van der Waals surface area contributed by atoms with Gasteiger partial charge < -0.3 is 20.6 Å². The van der Waals surface area contributed by atoms with Crippen molar-refractivity contribution in [1.82, 2.24) is 20.2 Å². The highest BCUT2D eigenvalue weighted by Crippen LogP contribution is 2.39. The number of nitrogens with zero attached hydrogens (tertiary/aromatic N) is 3. The van der Waals surface area contributed by atoms with Crippen molar-refractivity contribution in [2.45, 2.75) is 76.4 Å². The van der Waals surface area contributed by atoms with Gasteiger partial charge >= 0.3 is 6.18 Å². The van der Waals surface area contributed by atoms with Crippen molar-refractivity contribution in [1.29, 1.82) is 0 Å². The van der Waals surface area contributed by atoms with Crippen molar-refractivity contribution in [2.24, 2.45) is 0 Å². The highest BCUT2D eigenvalue weighted by molar-refractivity contribution is 7.17. The van der Waals surface area contributed by atoms with E-state index in [9.17, 15) is 36.6 Å². The number of likely N-dealkylation sites (tertiary alicyclic amines) is 1. The monoisotopic (exact) mass is 547 g/mol. The zero-order valence-corrected chi connectivity index (χ0v) is 20.8. The Hall–Kier alpha value is -2.87. The van der Waals surface area contributed by atoms with Gasteiger partial charge in [0, 0.05) is 29.9 Å². The molecule has 2 aromatic rings. The number of anilines is 1. The third kappa shape index (κ3) is 5.69. The molecule has 202 valence electrons. The molecule has 0 bridgehead atoms. The maximum absolute atomic E-state index is 14.1. The molecule has 0 spiro atoms. The van der Waals surface area contributed by atoms with Gasteiger partial charge in [0.05, 0.1) is 17.0 Å². The molecule has 2 amide bonds. The number of aliphatic hydroxyl groups excluding tert-OH is 1. The van der Waals surface area contributed by atoms with Crippen LogP contribution in [0, 0.1) is 0 Å². The quantitative estimate of drug-likeness (QED) is 0.444. The van der Waals surface area contributed by atoms with E-state index in [4.69, 9.17) is 0 Å². The Morgan fingerprint density at radius 1 is 1.24 bits per heavy atom. The molecule has 0 aromatic carbocycles. The van der Waals surface area contributed by atoms with Crippen molar-refractivity contribution in [2.75, 3.05) is 11.9 Å². The molecular formula is C23H26F5N5O3S. The molecule has 1 unspecified atom stereocenters. The van der Waals surface area contributed by atoms with Gasteiger partial charge in [0.2, 0.25) is 0 Å². The summed E-state index contributed by atoms with van der Waals surface area (Å²) in [6, 6.07) is -1.82. The van der Waals surface area contributed by atoms with Gasteiger partial charge in [-0.3, -0.25) is 9.59 Å². The standard InChI is InChI=1S/C23H26F5N5O3S/c1-10-4-3-7-33(10)22(36)17-18(37-21(32-17)20(35)31-14-5-6-15(14)34)13-9-29-16(8-12(13)19(24)25)30-11(2)23(26,27)28/h8-11,14-15,19,34H,3-7H2,1-2H3,(H,29,30)(H,31,35)/t10-,11?,14+,15-/m0/s1. The van der Waals surface area contributed by atoms with Crippen LogP contribution in [0.15, 0.2) is 12.3 Å². The number of rotatable bonds is 7. The van der Waals surface area contributed by atoms with E-state index in [0.717, 1.165) is 32.0 Å². The summed E-state index contributed by atoms with van der Waals surface area (Å²) >= 11 is 0.716. The molecule has 1 saturated heterocycles. The van der Waals surface area contributed by atoms with Gasteiger partial charge in [-0.15, -0.1) is 11.3 Å². The zero-order chi connectivity index (χ0) is 27.1. The summed E-state index contributed by atoms with van der Waals surface area (Å²) in [5, 5.41) is 14.3. The van der Waals surface area contributed by atoms with Crippen LogP contribution in [-0.2, 0) is 0 Å². The van der Waals surface area contributed by atoms with E-state index in [-0.39, 0.29) is 27.2 Å². The Kier molecular flexibility index (Phi) is 7.70. The number of thiazole rings is 1. The molecule has 2 aromatic heterocycles. The fourth-order valence-electron chi connectivity index (χ4n) is 4.22. The molecule has 3 heterocycles. The highest BCUT2D eigenvalue weighted by atomic mass is 32.1. The molecule has 1 aliphatic carbocycles. The third-order valence-corrected chi connectivity index (χ3v) is 7.75. The third-order valence-electron chi connectivity index (χ3n) is 6.66. The van der Waals surface area contributed by atoms with Gasteiger partial charge in [-0.25, -0.2) is 18.7 Å². The maximum Gasteiger partial charge on any atom is 0.408 e. The fourth-order valence-corrected chi connectivity index (χ4v) is 5.21. The van der Waals surface area contributed by atoms with Gasteiger partial charge in [-0.05, 0) is 45.6 Å². The van der Waals surface area contributed by atoms with Crippen molar-refractivity contribution in [3.8, 4) is 10.4 Å². The topological polar surface area (TPSA) is 107 Å². The minimum absolute atomic E-state index is 0.0263. The number of amides is 2. The molecule has 37 heavy (non-hydrogen) atoms. The van der Waals surface area contributed by atoms with Crippen LogP contribution in [0.5, 0.6) is 0 Å². The Morgan fingerprint density at radius 2 is 1.97 bits per heavy atom. The van der Waals surface area contributed by atoms with Gasteiger partial charge in [0.15, 0.2) is 5.01 Å². The first-order valence-electron chi connectivity index (χ1n) is 11.8. The van der Waals surface area contributed by atoms with Gasteiger partial charge in [0.1, 0.15) is 17.6 Å². The molecule has 4 rings (SSSR count). The van der Waals surface area contributed by atoms with Crippen molar-refractivity contribution in [3.63, 3.8) is 0 Å². The molecule has 0 radical (unpaired) electrons. The van der Waals surface area contributed by atoms with Crippen molar-refractivity contribution < 1.29 is 36.6 Å². The average Bonchev–Trinajstić information content (AvgIpc) is 3.47. The van der Waals surface area contributed by atoms with Gasteiger partial charge in [0.25, 0.3) is 18.2 Å². The smallest absolute Gasteiger partial charge is 0.391 e. The molecule has 8 nitrogen and oxygen atoms in total. The summed E-state index contributed by atoms with van der Waals surface area (Å²) in [6.45, 7) is 3.11. The normalized spacial score (nSPS) is 22.6. The average molecular weight is 548 g/mol. The second-order valence-corrected chi connectivity index (χ2v) is 10.3. The predicted molar refractivity (Wildman–Crippen MR) is 126 cm³/mol. The minimum atomic E-state index is -4.62. The predicted octanol–water partition coefficient (Wildman–Crippen LogP) is 4.38. The summed E-state index contributed by atoms with van der Waals surface area (Å²) < 4.78 is 67.0. The number of pyridine rings is 1. The molecule has 1 aliphatic heterocycles. The van der Waals surface area contributed by atoms with E-state index in [0.29, 0.717) is 30.7 Å². The van der Waals surface area contributed by atoms with Crippen LogP contribution in [0.1, 0.15) is 71.8 Å². The number of nitrogens with one attached hydrogen (secondary N) is 2. The van der Waals surface area contributed by atoms with Crippen LogP contribution in [0.2, 0.25) is 0 Å². The number of hydrogen-bond donors (Lipinski definition) is 3. The Labute approximate surface area is 213 Å². The lowest BCUT2D eigenvalue weighted by molar-refractivity contribution is -0.138. The number of carbonyl (C=O) groups excluding carboxylic acids is 2. The summed E-state index contributed by atoms with van der Waals surface area (Å²) in [7, 11) is 0. The number of alkyl halides is 5. The van der Waals surface area contributed by atoms with E-state index < -0.39 is 54.0 Å². The molecule has 4 atom stereocenters. The van der Waals surface area contributed by atoms with E-state index in [1.54, 1.807) is 4.90 Å². The number of aliphatic hydroxyl groups is 1. The Balaban J connectivity index is 1.74. The van der Waals surface area contributed by atoms with Crippen LogP contribution in [0.4, 0.5) is 27.8 Å². The Bertz CT molecular complexity index is 1170. The second-order valence-electron chi connectivity index (χ2n) is 9.28. The summed E-state index contributed by atoms with van der Waals surface area (Å²) in [5.41, 5.74) is -1.05. The number of aromatic nitrogens is 2. The highest BCUT2D eigenvalue weighted by Gasteiger charge is 2.37. The first-order chi connectivity index (χ1) is 17.4. The lowest BCUT2D eigenvalue weighted by atomic mass is 9.89. The van der Waals surface area contributed by atoms with Crippen LogP contribution >= 0.6 is 11.3 Å². The van der Waals surface area contributed by atoms with E-state index in [2.05, 4.69) is 20.6 Å². The first kappa shape index (κ1) is 27.2. The molecule has 2 fully saturated rings. The summed E-state index contributed by atoms with van der Waals surface area (Å²) in [5.74, 6) is -1.61. The number of halogens is 5. The lowest BCUT2D eigenvalue weighted by Crippen LogP contribution is -2.50. The fraction of sp³-hybridized carbons (Fsp3) is 0.565. The molecule has 1 saturated carbocycles. The zero-order valence-electron chi connectivity index (χ0n) is 20.0. The Morgan fingerprint density at radius 3 is 2.51 bits per heavy atom. The maximum atomic E-state index is 14.1. The largest absolute Gasteiger partial charge is 0.408 e. The van der Waals surface area contributed by atoms with Gasteiger partial charge in [-0.1, -0.05) is 0 Å². The van der Waals surface area contributed by atoms with Crippen LogP contribution < -0.4 is 10.6 Å². The molecule has 14 heteroatoms. The summed E-state index contributed by atoms with van der Waals surface area (Å²) in [4.78, 5) is 35.8. The molecule has 2 aliphatic rings. The van der Waals surface area contributed by atoms with Crippen molar-refractivity contribution in [3.05, 3.63) is 28.5 Å². The number of carbonyl (C=O) groups is 2. The first-order valence-corrected chi connectivity index (χ1v) is 12.6. The van der Waals surface area contributed by atoms with Gasteiger partial charge in [-0.2, -0.15) is 13.2 Å². The van der Waals surface area contributed by atoms with Crippen molar-refractivity contribution >= 4 is 29.0 Å². The van der Waals surface area contributed by atoms with E-state index in [1.165, 1.54) is 0 Å². The minimum Gasteiger partial charge on any atom is -0.391 e. The van der Waals surface area contributed by atoms with Crippen LogP contribution in [-0.4, -0.2) is 68.7 Å². The van der Waals surface area contributed by atoms with E-state index in [1.807, 2.05) is 6.92 Å². The second kappa shape index (κ2) is 10.5. The van der Waals surface area contributed by atoms with Crippen LogP contribution in [0.25, 0.3) is 10.4 Å². The lowest BCUT2D eigenvalue weighted by Gasteiger charge is -2.32. The van der Waals surface area contributed by atoms with Crippen LogP contribution in [0.3, 0.4) is 0 Å². The SMILES string of the molecule is CC(Nc1cc(C(F)F)c(-c2sc(C(=O)N[C@@H]3CC[C@@H]3O)nc2C(=O)N2CCC[C@@H]2C)cn1)C(F)(F)F.